The molecule has 1 unspecified atom stereocenters. The molecular formula is C31H31N3O3. The third-order valence-corrected chi connectivity index (χ3v) is 6.85. The maximum atomic E-state index is 12.7. The highest BCUT2D eigenvalue weighted by Gasteiger charge is 2.31. The molecule has 1 amide bonds. The summed E-state index contributed by atoms with van der Waals surface area (Å²) in [6, 6.07) is 27.1. The van der Waals surface area contributed by atoms with Gasteiger partial charge in [0.25, 0.3) is 5.91 Å². The average Bonchev–Trinajstić information content (AvgIpc) is 3.43. The van der Waals surface area contributed by atoms with Crippen molar-refractivity contribution in [3.05, 3.63) is 119 Å². The van der Waals surface area contributed by atoms with Gasteiger partial charge in [0.05, 0.1) is 17.2 Å². The lowest BCUT2D eigenvalue weighted by Gasteiger charge is -2.19. The van der Waals surface area contributed by atoms with Gasteiger partial charge in [-0.1, -0.05) is 80.6 Å². The second kappa shape index (κ2) is 10.3. The number of H-pyrrole nitrogens is 2. The van der Waals surface area contributed by atoms with Crippen LogP contribution in [0.1, 0.15) is 64.1 Å². The summed E-state index contributed by atoms with van der Waals surface area (Å²) < 4.78 is 0. The molecule has 5 aromatic rings. The number of fused-ring (bicyclic) bond motifs is 1. The number of aromatic hydroxyl groups is 2. The molecule has 2 aromatic heterocycles. The van der Waals surface area contributed by atoms with Crippen LogP contribution in [0.4, 0.5) is 0 Å². The smallest absolute Gasteiger partial charge is 0.251 e. The van der Waals surface area contributed by atoms with Gasteiger partial charge < -0.3 is 25.5 Å². The highest BCUT2D eigenvalue weighted by atomic mass is 16.3. The lowest BCUT2D eigenvalue weighted by atomic mass is 9.86. The van der Waals surface area contributed by atoms with Crippen LogP contribution in [0.2, 0.25) is 0 Å². The molecule has 6 heteroatoms. The minimum atomic E-state index is -0.447. The zero-order valence-electron chi connectivity index (χ0n) is 21.0. The van der Waals surface area contributed by atoms with Crippen molar-refractivity contribution in [1.29, 1.82) is 0 Å². The van der Waals surface area contributed by atoms with Gasteiger partial charge in [-0.2, -0.15) is 0 Å². The largest absolute Gasteiger partial charge is 0.506 e. The van der Waals surface area contributed by atoms with Crippen LogP contribution in [0.5, 0.6) is 11.6 Å². The number of carbonyl (C=O) groups excluding carboxylic acids is 1. The Hall–Kier alpha value is -4.45. The summed E-state index contributed by atoms with van der Waals surface area (Å²) in [5.41, 5.74) is 5.46. The van der Waals surface area contributed by atoms with Crippen molar-refractivity contribution in [2.75, 3.05) is 6.54 Å². The van der Waals surface area contributed by atoms with Gasteiger partial charge in [0.1, 0.15) is 5.75 Å². The van der Waals surface area contributed by atoms with Gasteiger partial charge in [0, 0.05) is 28.7 Å². The fourth-order valence-corrected chi connectivity index (χ4v) is 5.05. The summed E-state index contributed by atoms with van der Waals surface area (Å²) >= 11 is 0. The van der Waals surface area contributed by atoms with E-state index in [9.17, 15) is 15.0 Å². The van der Waals surface area contributed by atoms with Crippen molar-refractivity contribution in [1.82, 2.24) is 15.3 Å². The number of carbonyl (C=O) groups is 1. The first-order chi connectivity index (χ1) is 18.0. The van der Waals surface area contributed by atoms with Crippen LogP contribution in [-0.2, 0) is 6.42 Å². The van der Waals surface area contributed by atoms with E-state index in [1.807, 2.05) is 80.6 Å². The number of aromatic amines is 2. The van der Waals surface area contributed by atoms with Crippen molar-refractivity contribution in [3.63, 3.8) is 0 Å². The molecule has 0 aliphatic rings. The number of nitrogens with one attached hydrogen (secondary N) is 3. The minimum absolute atomic E-state index is 0.00598. The monoisotopic (exact) mass is 493 g/mol. The van der Waals surface area contributed by atoms with Crippen molar-refractivity contribution in [3.8, 4) is 11.6 Å². The van der Waals surface area contributed by atoms with E-state index in [-0.39, 0.29) is 23.5 Å². The minimum Gasteiger partial charge on any atom is -0.506 e. The predicted molar refractivity (Wildman–Crippen MR) is 146 cm³/mol. The Morgan fingerprint density at radius 1 is 0.838 bits per heavy atom. The Morgan fingerprint density at radius 2 is 1.49 bits per heavy atom. The molecule has 0 spiro atoms. The van der Waals surface area contributed by atoms with E-state index in [1.54, 1.807) is 12.1 Å². The molecule has 0 bridgehead atoms. The zero-order chi connectivity index (χ0) is 25.9. The topological polar surface area (TPSA) is 101 Å². The molecule has 6 nitrogen and oxygen atoms in total. The summed E-state index contributed by atoms with van der Waals surface area (Å²) in [7, 11) is 0. The summed E-state index contributed by atoms with van der Waals surface area (Å²) in [5, 5.41) is 26.3. The maximum absolute atomic E-state index is 12.7. The summed E-state index contributed by atoms with van der Waals surface area (Å²) in [6.45, 7) is 4.37. The molecule has 0 fully saturated rings. The van der Waals surface area contributed by atoms with E-state index in [0.717, 1.165) is 27.7 Å². The first-order valence-electron chi connectivity index (χ1n) is 12.6. The fraction of sp³-hybridized carbons (Fsp3) is 0.194. The van der Waals surface area contributed by atoms with E-state index >= 15 is 0 Å². The van der Waals surface area contributed by atoms with Crippen LogP contribution >= 0.6 is 0 Å². The van der Waals surface area contributed by atoms with Crippen LogP contribution in [0.3, 0.4) is 0 Å². The molecule has 37 heavy (non-hydrogen) atoms. The number of aromatic nitrogens is 2. The van der Waals surface area contributed by atoms with Gasteiger partial charge in [-0.25, -0.2) is 0 Å². The van der Waals surface area contributed by atoms with Crippen LogP contribution in [0.25, 0.3) is 10.9 Å². The normalized spacial score (nSPS) is 12.2. The molecule has 0 radical (unpaired) electrons. The Morgan fingerprint density at radius 3 is 2.16 bits per heavy atom. The first kappa shape index (κ1) is 24.3. The Bertz CT molecular complexity index is 1520. The van der Waals surface area contributed by atoms with Gasteiger partial charge in [-0.3, -0.25) is 4.79 Å². The van der Waals surface area contributed by atoms with Crippen molar-refractivity contribution in [2.24, 2.45) is 0 Å². The lowest BCUT2D eigenvalue weighted by molar-refractivity contribution is 0.0954. The number of benzene rings is 3. The molecule has 3 aromatic carbocycles. The Balaban J connectivity index is 1.59. The van der Waals surface area contributed by atoms with Crippen LogP contribution in [0.15, 0.2) is 84.9 Å². The van der Waals surface area contributed by atoms with Crippen LogP contribution in [0, 0.1) is 0 Å². The molecule has 2 heterocycles. The maximum Gasteiger partial charge on any atom is 0.251 e. The molecule has 5 rings (SSSR count). The third kappa shape index (κ3) is 4.70. The molecule has 0 saturated carbocycles. The Labute approximate surface area is 216 Å². The number of para-hydroxylation sites is 1. The SMILES string of the molecule is CC(C)c1[nH]c(O)c(C(c2ccccc2)c2[nH]c3ccccc3c2CCNC(=O)c2ccccc2)c1O. The summed E-state index contributed by atoms with van der Waals surface area (Å²) in [6.07, 6.45) is 0.574. The molecule has 5 N–H and O–H groups in total. The molecular weight excluding hydrogens is 462 g/mol. The van der Waals surface area contributed by atoms with Gasteiger partial charge >= 0.3 is 0 Å². The van der Waals surface area contributed by atoms with Crippen molar-refractivity contribution in [2.45, 2.75) is 32.1 Å². The van der Waals surface area contributed by atoms with E-state index < -0.39 is 5.92 Å². The highest BCUT2D eigenvalue weighted by Crippen LogP contribution is 2.46. The van der Waals surface area contributed by atoms with Crippen molar-refractivity contribution < 1.29 is 15.0 Å². The van der Waals surface area contributed by atoms with E-state index in [0.29, 0.717) is 29.8 Å². The first-order valence-corrected chi connectivity index (χ1v) is 12.6. The number of rotatable bonds is 8. The van der Waals surface area contributed by atoms with Gasteiger partial charge in [-0.15, -0.1) is 0 Å². The van der Waals surface area contributed by atoms with Gasteiger partial charge in [-0.05, 0) is 41.7 Å². The number of hydrogen-bond donors (Lipinski definition) is 5. The predicted octanol–water partition coefficient (Wildman–Crippen LogP) is 6.18. The molecule has 1 atom stereocenters. The number of hydrogen-bond acceptors (Lipinski definition) is 3. The second-order valence-electron chi connectivity index (χ2n) is 9.58. The Kier molecular flexibility index (Phi) is 6.73. The van der Waals surface area contributed by atoms with Crippen LogP contribution < -0.4 is 5.32 Å². The fourth-order valence-electron chi connectivity index (χ4n) is 5.05. The molecule has 0 aliphatic carbocycles. The standard InChI is InChI=1S/C31H31N3O3/c1-19(2)27-29(35)26(31(37)34-27)25(20-11-5-3-6-12-20)28-23(22-15-9-10-16-24(22)33-28)17-18-32-30(36)21-13-7-4-8-14-21/h3-16,19,25,33-35,37H,17-18H2,1-2H3,(H,32,36). The molecule has 0 saturated heterocycles. The van der Waals surface area contributed by atoms with Gasteiger partial charge in [0.2, 0.25) is 0 Å². The molecule has 188 valence electrons. The van der Waals surface area contributed by atoms with E-state index in [2.05, 4.69) is 21.4 Å². The lowest BCUT2D eigenvalue weighted by Crippen LogP contribution is -2.26. The van der Waals surface area contributed by atoms with Gasteiger partial charge in [0.15, 0.2) is 5.88 Å². The quantitative estimate of drug-likeness (QED) is 0.178. The van der Waals surface area contributed by atoms with E-state index in [1.165, 1.54) is 0 Å². The van der Waals surface area contributed by atoms with Crippen molar-refractivity contribution >= 4 is 16.8 Å². The summed E-state index contributed by atoms with van der Waals surface area (Å²) in [4.78, 5) is 19.2. The highest BCUT2D eigenvalue weighted by molar-refractivity contribution is 5.94. The summed E-state index contributed by atoms with van der Waals surface area (Å²) in [5.74, 6) is -0.534. The second-order valence-corrected chi connectivity index (χ2v) is 9.58. The molecule has 0 aliphatic heterocycles. The van der Waals surface area contributed by atoms with E-state index in [4.69, 9.17) is 0 Å². The average molecular weight is 494 g/mol. The number of amides is 1. The third-order valence-electron chi connectivity index (χ3n) is 6.85. The zero-order valence-corrected chi connectivity index (χ0v) is 21.0. The van der Waals surface area contributed by atoms with Crippen LogP contribution in [-0.4, -0.2) is 32.6 Å².